The van der Waals surface area contributed by atoms with E-state index >= 15 is 0 Å². The molecule has 0 aliphatic heterocycles. The van der Waals surface area contributed by atoms with Gasteiger partial charge in [0.1, 0.15) is 13.2 Å². The van der Waals surface area contributed by atoms with Crippen molar-refractivity contribution in [1.29, 1.82) is 0 Å². The van der Waals surface area contributed by atoms with Crippen LogP contribution in [0.2, 0.25) is 0 Å². The second-order valence-corrected chi connectivity index (χ2v) is 23.8. The Hall–Kier alpha value is -2.37. The Bertz CT molecular complexity index is 1300. The fourth-order valence-corrected chi connectivity index (χ4v) is 10.6. The molecule has 0 rings (SSSR count). The number of ether oxygens (including phenoxy) is 3. The van der Waals surface area contributed by atoms with E-state index in [-0.39, 0.29) is 31.1 Å². The first kappa shape index (κ1) is 75.6. The number of allylic oxidation sites excluding steroid dienone is 6. The molecule has 458 valence electrons. The number of hydrogen-bond acceptors (Lipinski definition) is 6. The van der Waals surface area contributed by atoms with Crippen molar-refractivity contribution in [2.24, 2.45) is 0 Å². The number of carbonyl (C=O) groups is 3. The minimum atomic E-state index is -0.775. The molecule has 0 amide bonds. The summed E-state index contributed by atoms with van der Waals surface area (Å²) >= 11 is 0. The summed E-state index contributed by atoms with van der Waals surface area (Å²) < 4.78 is 17.0. The first-order valence-corrected chi connectivity index (χ1v) is 35.0. The Kier molecular flexibility index (Phi) is 65.1. The summed E-state index contributed by atoms with van der Waals surface area (Å²) in [6.07, 6.45) is 83.2. The summed E-state index contributed by atoms with van der Waals surface area (Å²) in [7, 11) is 0. The highest BCUT2D eigenvalue weighted by molar-refractivity contribution is 5.71. The van der Waals surface area contributed by atoms with Crippen molar-refractivity contribution < 1.29 is 28.6 Å². The van der Waals surface area contributed by atoms with E-state index in [4.69, 9.17) is 14.2 Å². The van der Waals surface area contributed by atoms with Crippen molar-refractivity contribution >= 4 is 17.9 Å². The van der Waals surface area contributed by atoms with Gasteiger partial charge in [0.2, 0.25) is 0 Å². The molecular formula is C72H134O6. The standard InChI is InChI=1S/C72H134O6/c1-4-7-10-13-16-19-22-25-28-30-31-32-33-34-35-36-37-38-39-40-41-43-44-47-50-53-56-59-62-65-71(74)77-68-69(67-76-70(73)64-61-58-55-52-49-46-27-24-21-18-15-12-9-6-3)78-72(75)66-63-60-57-54-51-48-45-42-29-26-23-20-17-14-11-8-5-2/h15,18,24,27,30-31,69H,4-14,16-17,19-23,25-26,28-29,32-68H2,1-3H3/b18-15-,27-24-,31-30-. The lowest BCUT2D eigenvalue weighted by Gasteiger charge is -2.18. The maximum absolute atomic E-state index is 12.9. The van der Waals surface area contributed by atoms with E-state index in [9.17, 15) is 14.4 Å². The van der Waals surface area contributed by atoms with Crippen LogP contribution in [0.3, 0.4) is 0 Å². The summed E-state index contributed by atoms with van der Waals surface area (Å²) in [5, 5.41) is 0. The molecule has 0 aromatic heterocycles. The van der Waals surface area contributed by atoms with Crippen LogP contribution in [-0.4, -0.2) is 37.2 Å². The smallest absolute Gasteiger partial charge is 0.306 e. The fraction of sp³-hybridized carbons (Fsp3) is 0.875. The highest BCUT2D eigenvalue weighted by atomic mass is 16.6. The highest BCUT2D eigenvalue weighted by Gasteiger charge is 2.19. The SMILES string of the molecule is CCCC/C=C\C/C=C\CCCCCCCC(=O)OCC(COC(=O)CCCCCCCCCCCCCCCCCCC/C=C\CCCCCCCCCC)OC(=O)CCCCCCCCCCCCCCCCCCC. The van der Waals surface area contributed by atoms with Gasteiger partial charge in [-0.05, 0) is 70.6 Å². The zero-order chi connectivity index (χ0) is 56.4. The molecule has 0 saturated heterocycles. The quantitative estimate of drug-likeness (QED) is 0.0261. The van der Waals surface area contributed by atoms with Crippen LogP contribution in [-0.2, 0) is 28.6 Å². The summed E-state index contributed by atoms with van der Waals surface area (Å²) in [5.41, 5.74) is 0. The van der Waals surface area contributed by atoms with Crippen LogP contribution >= 0.6 is 0 Å². The summed E-state index contributed by atoms with van der Waals surface area (Å²) in [6.45, 7) is 6.66. The Morgan fingerprint density at radius 2 is 0.474 bits per heavy atom. The second kappa shape index (κ2) is 67.1. The predicted molar refractivity (Wildman–Crippen MR) is 339 cm³/mol. The normalized spacial score (nSPS) is 12.2. The Balaban J connectivity index is 4.18. The van der Waals surface area contributed by atoms with E-state index in [2.05, 4.69) is 57.2 Å². The molecule has 0 radical (unpaired) electrons. The molecular weight excluding hydrogens is 961 g/mol. The summed E-state index contributed by atoms with van der Waals surface area (Å²) in [6, 6.07) is 0. The topological polar surface area (TPSA) is 78.9 Å². The molecule has 0 aromatic carbocycles. The molecule has 0 bridgehead atoms. The lowest BCUT2D eigenvalue weighted by molar-refractivity contribution is -0.167. The van der Waals surface area contributed by atoms with Gasteiger partial charge in [0.25, 0.3) is 0 Å². The largest absolute Gasteiger partial charge is 0.462 e. The highest BCUT2D eigenvalue weighted by Crippen LogP contribution is 2.18. The molecule has 78 heavy (non-hydrogen) atoms. The fourth-order valence-electron chi connectivity index (χ4n) is 10.6. The molecule has 0 saturated carbocycles. The predicted octanol–water partition coefficient (Wildman–Crippen LogP) is 23.9. The molecule has 0 aliphatic carbocycles. The minimum Gasteiger partial charge on any atom is -0.462 e. The third-order valence-electron chi connectivity index (χ3n) is 15.9. The monoisotopic (exact) mass is 1100 g/mol. The summed E-state index contributed by atoms with van der Waals surface area (Å²) in [5.74, 6) is -0.858. The van der Waals surface area contributed by atoms with Crippen LogP contribution in [0.15, 0.2) is 36.5 Å². The van der Waals surface area contributed by atoms with Crippen LogP contribution in [0, 0.1) is 0 Å². The molecule has 0 aromatic rings. The van der Waals surface area contributed by atoms with Crippen LogP contribution in [0.25, 0.3) is 0 Å². The van der Waals surface area contributed by atoms with E-state index in [0.717, 1.165) is 77.0 Å². The van der Waals surface area contributed by atoms with Gasteiger partial charge in [0.05, 0.1) is 0 Å². The van der Waals surface area contributed by atoms with Gasteiger partial charge in [-0.3, -0.25) is 14.4 Å². The van der Waals surface area contributed by atoms with Crippen molar-refractivity contribution in [2.45, 2.75) is 393 Å². The molecule has 0 spiro atoms. The summed E-state index contributed by atoms with van der Waals surface area (Å²) in [4.78, 5) is 38.4. The zero-order valence-electron chi connectivity index (χ0n) is 52.7. The van der Waals surface area contributed by atoms with Gasteiger partial charge in [-0.15, -0.1) is 0 Å². The minimum absolute atomic E-state index is 0.0712. The number of carbonyl (C=O) groups excluding carboxylic acids is 3. The third kappa shape index (κ3) is 64.5. The van der Waals surface area contributed by atoms with Gasteiger partial charge >= 0.3 is 17.9 Å². The molecule has 1 atom stereocenters. The van der Waals surface area contributed by atoms with E-state index in [1.807, 2.05) is 0 Å². The van der Waals surface area contributed by atoms with Gasteiger partial charge < -0.3 is 14.2 Å². The van der Waals surface area contributed by atoms with Crippen molar-refractivity contribution in [3.05, 3.63) is 36.5 Å². The van der Waals surface area contributed by atoms with Crippen molar-refractivity contribution in [3.8, 4) is 0 Å². The maximum Gasteiger partial charge on any atom is 0.306 e. The first-order valence-electron chi connectivity index (χ1n) is 35.0. The first-order chi connectivity index (χ1) is 38.5. The van der Waals surface area contributed by atoms with Gasteiger partial charge in [-0.2, -0.15) is 0 Å². The van der Waals surface area contributed by atoms with Gasteiger partial charge in [0, 0.05) is 19.3 Å². The molecule has 0 heterocycles. The average Bonchev–Trinajstić information content (AvgIpc) is 3.44. The van der Waals surface area contributed by atoms with Crippen molar-refractivity contribution in [2.75, 3.05) is 13.2 Å². The Morgan fingerprint density at radius 3 is 0.756 bits per heavy atom. The van der Waals surface area contributed by atoms with E-state index in [1.54, 1.807) is 0 Å². The molecule has 6 heteroatoms. The van der Waals surface area contributed by atoms with Gasteiger partial charge in [0.15, 0.2) is 6.10 Å². The number of unbranched alkanes of at least 4 members (excludes halogenated alkanes) is 48. The van der Waals surface area contributed by atoms with Crippen LogP contribution in [0.1, 0.15) is 387 Å². The van der Waals surface area contributed by atoms with Crippen LogP contribution in [0.5, 0.6) is 0 Å². The van der Waals surface area contributed by atoms with Crippen molar-refractivity contribution in [1.82, 2.24) is 0 Å². The van der Waals surface area contributed by atoms with Crippen molar-refractivity contribution in [3.63, 3.8) is 0 Å². The molecule has 6 nitrogen and oxygen atoms in total. The maximum atomic E-state index is 12.9. The molecule has 0 N–H and O–H groups in total. The number of esters is 3. The van der Waals surface area contributed by atoms with Gasteiger partial charge in [-0.25, -0.2) is 0 Å². The lowest BCUT2D eigenvalue weighted by atomic mass is 10.0. The lowest BCUT2D eigenvalue weighted by Crippen LogP contribution is -2.30. The van der Waals surface area contributed by atoms with E-state index in [1.165, 1.54) is 270 Å². The zero-order valence-corrected chi connectivity index (χ0v) is 52.7. The molecule has 1 unspecified atom stereocenters. The van der Waals surface area contributed by atoms with Gasteiger partial charge in [-0.1, -0.05) is 333 Å². The Morgan fingerprint density at radius 1 is 0.256 bits per heavy atom. The molecule has 0 aliphatic rings. The second-order valence-electron chi connectivity index (χ2n) is 23.8. The van der Waals surface area contributed by atoms with Crippen LogP contribution < -0.4 is 0 Å². The third-order valence-corrected chi connectivity index (χ3v) is 15.9. The number of rotatable bonds is 65. The Labute approximate surface area is 486 Å². The van der Waals surface area contributed by atoms with E-state index in [0.29, 0.717) is 19.3 Å². The van der Waals surface area contributed by atoms with E-state index < -0.39 is 6.10 Å². The van der Waals surface area contributed by atoms with Crippen LogP contribution in [0.4, 0.5) is 0 Å². The average molecular weight is 1100 g/mol. The number of hydrogen-bond donors (Lipinski definition) is 0. The molecule has 0 fully saturated rings.